The van der Waals surface area contributed by atoms with Crippen molar-refractivity contribution in [1.82, 2.24) is 24.8 Å². The van der Waals surface area contributed by atoms with E-state index in [-0.39, 0.29) is 23.0 Å². The van der Waals surface area contributed by atoms with Crippen LogP contribution in [-0.2, 0) is 4.79 Å². The minimum absolute atomic E-state index is 0.103. The molecule has 23 heavy (non-hydrogen) atoms. The summed E-state index contributed by atoms with van der Waals surface area (Å²) in [6.45, 7) is 1.58. The summed E-state index contributed by atoms with van der Waals surface area (Å²) in [6.07, 6.45) is 0. The Morgan fingerprint density at radius 2 is 2.17 bits per heavy atom. The minimum Gasteiger partial charge on any atom is -0.324 e. The monoisotopic (exact) mass is 350 g/mol. The lowest BCUT2D eigenvalue weighted by atomic mass is 10.3. The van der Waals surface area contributed by atoms with Gasteiger partial charge in [0.1, 0.15) is 5.69 Å². The summed E-state index contributed by atoms with van der Waals surface area (Å²) >= 11 is 7.14. The average Bonchev–Trinajstić information content (AvgIpc) is 2.90. The average molecular weight is 351 g/mol. The molecular formula is C13H11ClN6O2S. The molecule has 2 N–H and O–H groups in total. The van der Waals surface area contributed by atoms with Crippen LogP contribution in [0.25, 0.3) is 5.78 Å². The van der Waals surface area contributed by atoms with Gasteiger partial charge in [0.15, 0.2) is 0 Å². The van der Waals surface area contributed by atoms with Gasteiger partial charge in [-0.05, 0) is 19.1 Å². The Morgan fingerprint density at radius 3 is 2.96 bits per heavy atom. The number of halogens is 1. The SMILES string of the molecule is Cc1nn2c(SCC(=O)Nc3ccccc3Cl)nnc2[nH]c1=O. The quantitative estimate of drug-likeness (QED) is 0.691. The standard InChI is InChI=1S/C13H11ClN6O2S/c1-7-11(22)16-12-17-18-13(20(12)19-7)23-6-10(21)15-9-5-3-2-4-8(9)14/h2-5H,6H2,1H3,(H,15,21)(H,16,17,22). The number of aryl methyl sites for hydroxylation is 1. The van der Waals surface area contributed by atoms with Crippen LogP contribution < -0.4 is 10.9 Å². The number of nitrogens with one attached hydrogen (secondary N) is 2. The molecule has 0 spiro atoms. The van der Waals surface area contributed by atoms with Gasteiger partial charge in [0.05, 0.1) is 16.5 Å². The van der Waals surface area contributed by atoms with Gasteiger partial charge in [-0.2, -0.15) is 9.61 Å². The highest BCUT2D eigenvalue weighted by molar-refractivity contribution is 7.99. The number of carbonyl (C=O) groups is 1. The predicted octanol–water partition coefficient (Wildman–Crippen LogP) is 1.51. The summed E-state index contributed by atoms with van der Waals surface area (Å²) in [7, 11) is 0. The lowest BCUT2D eigenvalue weighted by Gasteiger charge is -2.06. The second-order valence-corrected chi connectivity index (χ2v) is 5.92. The number of fused-ring (bicyclic) bond motifs is 1. The number of hydrogen-bond acceptors (Lipinski definition) is 6. The summed E-state index contributed by atoms with van der Waals surface area (Å²) in [6, 6.07) is 6.97. The number of aromatic amines is 1. The van der Waals surface area contributed by atoms with E-state index in [4.69, 9.17) is 11.6 Å². The van der Waals surface area contributed by atoms with Crippen LogP contribution in [0.2, 0.25) is 5.02 Å². The van der Waals surface area contributed by atoms with Crippen LogP contribution in [0.3, 0.4) is 0 Å². The highest BCUT2D eigenvalue weighted by Gasteiger charge is 2.12. The number of H-pyrrole nitrogens is 1. The molecule has 0 atom stereocenters. The molecule has 2 aromatic heterocycles. The number of nitrogens with zero attached hydrogens (tertiary/aromatic N) is 4. The third-order valence-corrected chi connectivity index (χ3v) is 4.15. The van der Waals surface area contributed by atoms with Crippen molar-refractivity contribution >= 4 is 40.7 Å². The third-order valence-electron chi connectivity index (χ3n) is 2.90. The van der Waals surface area contributed by atoms with E-state index in [2.05, 4.69) is 25.6 Å². The summed E-state index contributed by atoms with van der Waals surface area (Å²) in [5, 5.41) is 15.4. The molecule has 0 bridgehead atoms. The van der Waals surface area contributed by atoms with Gasteiger partial charge in [-0.3, -0.25) is 14.6 Å². The molecule has 10 heteroatoms. The molecule has 0 aliphatic carbocycles. The Bertz CT molecular complexity index is 938. The van der Waals surface area contributed by atoms with E-state index >= 15 is 0 Å². The molecule has 0 aliphatic heterocycles. The second kappa shape index (κ2) is 6.39. The number of anilines is 1. The van der Waals surface area contributed by atoms with E-state index in [1.54, 1.807) is 31.2 Å². The molecule has 8 nitrogen and oxygen atoms in total. The highest BCUT2D eigenvalue weighted by atomic mass is 35.5. The summed E-state index contributed by atoms with van der Waals surface area (Å²) in [5.74, 6) is 0.0990. The number of rotatable bonds is 4. The molecule has 0 fully saturated rings. The van der Waals surface area contributed by atoms with Crippen LogP contribution in [0.1, 0.15) is 5.69 Å². The van der Waals surface area contributed by atoms with Crippen LogP contribution in [0.5, 0.6) is 0 Å². The lowest BCUT2D eigenvalue weighted by Crippen LogP contribution is -2.16. The zero-order chi connectivity index (χ0) is 16.4. The fraction of sp³-hybridized carbons (Fsp3) is 0.154. The summed E-state index contributed by atoms with van der Waals surface area (Å²) < 4.78 is 1.39. The Kier molecular flexibility index (Phi) is 4.30. The summed E-state index contributed by atoms with van der Waals surface area (Å²) in [5.41, 5.74) is 0.516. The van der Waals surface area contributed by atoms with Crippen LogP contribution in [0, 0.1) is 6.92 Å². The first kappa shape index (κ1) is 15.5. The fourth-order valence-corrected chi connectivity index (χ4v) is 2.65. The first-order chi connectivity index (χ1) is 11.0. The van der Waals surface area contributed by atoms with Crippen molar-refractivity contribution in [3.8, 4) is 0 Å². The smallest absolute Gasteiger partial charge is 0.273 e. The molecule has 1 amide bonds. The van der Waals surface area contributed by atoms with E-state index in [0.29, 0.717) is 21.6 Å². The molecule has 3 aromatic rings. The topological polar surface area (TPSA) is 105 Å². The maximum absolute atomic E-state index is 12.0. The maximum Gasteiger partial charge on any atom is 0.273 e. The van der Waals surface area contributed by atoms with Crippen molar-refractivity contribution < 1.29 is 4.79 Å². The number of aromatic nitrogens is 5. The van der Waals surface area contributed by atoms with Crippen molar-refractivity contribution in [3.63, 3.8) is 0 Å². The minimum atomic E-state index is -0.321. The number of amides is 1. The maximum atomic E-state index is 12.0. The number of benzene rings is 1. The predicted molar refractivity (Wildman–Crippen MR) is 86.9 cm³/mol. The molecule has 118 valence electrons. The first-order valence-corrected chi connectivity index (χ1v) is 7.90. The van der Waals surface area contributed by atoms with Crippen LogP contribution in [0.4, 0.5) is 5.69 Å². The molecule has 0 saturated carbocycles. The van der Waals surface area contributed by atoms with Crippen molar-refractivity contribution in [2.45, 2.75) is 12.1 Å². The van der Waals surface area contributed by atoms with Crippen molar-refractivity contribution in [3.05, 3.63) is 45.3 Å². The van der Waals surface area contributed by atoms with Gasteiger partial charge in [-0.15, -0.1) is 10.2 Å². The number of carbonyl (C=O) groups excluding carboxylic acids is 1. The largest absolute Gasteiger partial charge is 0.324 e. The van der Waals surface area contributed by atoms with Gasteiger partial charge in [-0.1, -0.05) is 35.5 Å². The number of thioether (sulfide) groups is 1. The van der Waals surface area contributed by atoms with Gasteiger partial charge in [0, 0.05) is 0 Å². The molecule has 1 aromatic carbocycles. The molecule has 2 heterocycles. The second-order valence-electron chi connectivity index (χ2n) is 4.57. The van der Waals surface area contributed by atoms with Gasteiger partial charge in [-0.25, -0.2) is 0 Å². The number of hydrogen-bond donors (Lipinski definition) is 2. The molecular weight excluding hydrogens is 340 g/mol. The molecule has 0 unspecified atom stereocenters. The van der Waals surface area contributed by atoms with Gasteiger partial charge >= 0.3 is 0 Å². The Morgan fingerprint density at radius 1 is 1.39 bits per heavy atom. The zero-order valence-corrected chi connectivity index (χ0v) is 13.5. The molecule has 0 saturated heterocycles. The molecule has 0 aliphatic rings. The molecule has 3 rings (SSSR count). The van der Waals surface area contributed by atoms with E-state index in [0.717, 1.165) is 11.8 Å². The Hall–Kier alpha value is -2.39. The van der Waals surface area contributed by atoms with Crippen molar-refractivity contribution in [2.75, 3.05) is 11.1 Å². The van der Waals surface area contributed by atoms with E-state index in [1.165, 1.54) is 4.52 Å². The fourth-order valence-electron chi connectivity index (χ4n) is 1.79. The van der Waals surface area contributed by atoms with E-state index in [9.17, 15) is 9.59 Å². The zero-order valence-electron chi connectivity index (χ0n) is 11.9. The van der Waals surface area contributed by atoms with Crippen LogP contribution in [0.15, 0.2) is 34.2 Å². The first-order valence-electron chi connectivity index (χ1n) is 6.54. The molecule has 0 radical (unpaired) electrons. The van der Waals surface area contributed by atoms with E-state index in [1.807, 2.05) is 0 Å². The normalized spacial score (nSPS) is 10.9. The van der Waals surface area contributed by atoms with Crippen LogP contribution >= 0.6 is 23.4 Å². The third kappa shape index (κ3) is 3.35. The Balaban J connectivity index is 1.71. The van der Waals surface area contributed by atoms with Gasteiger partial charge in [0.2, 0.25) is 11.1 Å². The summed E-state index contributed by atoms with van der Waals surface area (Å²) in [4.78, 5) is 26.0. The number of para-hydroxylation sites is 1. The Labute approximate surface area is 139 Å². The van der Waals surface area contributed by atoms with Gasteiger partial charge in [0.25, 0.3) is 11.3 Å². The van der Waals surface area contributed by atoms with Crippen LogP contribution in [-0.4, -0.2) is 36.5 Å². The highest BCUT2D eigenvalue weighted by Crippen LogP contribution is 2.21. The van der Waals surface area contributed by atoms with Gasteiger partial charge < -0.3 is 5.32 Å². The van der Waals surface area contributed by atoms with Crippen molar-refractivity contribution in [1.29, 1.82) is 0 Å². The van der Waals surface area contributed by atoms with E-state index < -0.39 is 0 Å². The van der Waals surface area contributed by atoms with Crippen molar-refractivity contribution in [2.24, 2.45) is 0 Å². The lowest BCUT2D eigenvalue weighted by molar-refractivity contribution is -0.113.